The highest BCUT2D eigenvalue weighted by molar-refractivity contribution is 9.10. The fourth-order valence-corrected chi connectivity index (χ4v) is 3.92. The van der Waals surface area contributed by atoms with Crippen LogP contribution in [0, 0.1) is 0 Å². The minimum absolute atomic E-state index is 0.225. The maximum absolute atomic E-state index is 9.10. The van der Waals surface area contributed by atoms with Crippen molar-refractivity contribution in [3.63, 3.8) is 0 Å². The molecular weight excluding hydrogens is 380 g/mol. The van der Waals surface area contributed by atoms with E-state index in [0.29, 0.717) is 6.04 Å². The number of nitrogens with zero attached hydrogens (tertiary/aromatic N) is 1. The van der Waals surface area contributed by atoms with Crippen LogP contribution in [0.5, 0.6) is 0 Å². The van der Waals surface area contributed by atoms with E-state index in [0.717, 1.165) is 24.2 Å². The van der Waals surface area contributed by atoms with Crippen molar-refractivity contribution in [3.05, 3.63) is 33.9 Å². The number of ether oxygens (including phenoxy) is 1. The smallest absolute Gasteiger partial charge is 0.414 e. The first-order valence-electron chi connectivity index (χ1n) is 7.47. The van der Waals surface area contributed by atoms with Gasteiger partial charge in [-0.1, -0.05) is 12.1 Å². The Morgan fingerprint density at radius 2 is 2.04 bits per heavy atom. The van der Waals surface area contributed by atoms with Gasteiger partial charge in [-0.05, 0) is 46.6 Å². The minimum Gasteiger partial charge on any atom is -0.473 e. The molecule has 0 amide bonds. The van der Waals surface area contributed by atoms with Crippen LogP contribution in [-0.2, 0) is 20.7 Å². The van der Waals surface area contributed by atoms with Crippen LogP contribution in [0.1, 0.15) is 17.2 Å². The standard InChI is InChI=1S/C14H15BrN2O.C2H2O4/c1-17-5-6-18-13-8-3-2-4-10-12(8)9(7-11(13)17)14(15)16-10;3-1(4)2(5)6/h2-4,11,13,16H,5-7H2,1H3;(H,3,4)(H,5,6). The molecule has 2 atom stereocenters. The second-order valence-electron chi connectivity index (χ2n) is 5.84. The number of carboxylic acid groups (broad SMARTS) is 2. The molecule has 1 aliphatic carbocycles. The number of aromatic amines is 1. The molecular formula is C16H17BrN2O5. The van der Waals surface area contributed by atoms with Crippen LogP contribution in [0.15, 0.2) is 22.8 Å². The maximum atomic E-state index is 9.10. The Kier molecular flexibility index (Phi) is 4.62. The number of rotatable bonds is 0. The predicted molar refractivity (Wildman–Crippen MR) is 90.1 cm³/mol. The summed E-state index contributed by atoms with van der Waals surface area (Å²) >= 11 is 3.66. The van der Waals surface area contributed by atoms with E-state index in [1.165, 1.54) is 22.0 Å². The van der Waals surface area contributed by atoms with Crippen LogP contribution < -0.4 is 0 Å². The van der Waals surface area contributed by atoms with Gasteiger partial charge in [-0.25, -0.2) is 9.59 Å². The van der Waals surface area contributed by atoms with Crippen LogP contribution in [0.4, 0.5) is 0 Å². The Morgan fingerprint density at radius 3 is 2.71 bits per heavy atom. The predicted octanol–water partition coefficient (Wildman–Crippen LogP) is 2.01. The maximum Gasteiger partial charge on any atom is 0.414 e. The average molecular weight is 397 g/mol. The molecule has 0 radical (unpaired) electrons. The summed E-state index contributed by atoms with van der Waals surface area (Å²) in [7, 11) is 2.20. The summed E-state index contributed by atoms with van der Waals surface area (Å²) in [6, 6.07) is 6.93. The number of carboxylic acids is 2. The summed E-state index contributed by atoms with van der Waals surface area (Å²) in [5.41, 5.74) is 3.95. The van der Waals surface area contributed by atoms with Crippen LogP contribution in [0.2, 0.25) is 0 Å². The summed E-state index contributed by atoms with van der Waals surface area (Å²) in [4.78, 5) is 24.1. The van der Waals surface area contributed by atoms with Crippen molar-refractivity contribution in [2.24, 2.45) is 0 Å². The van der Waals surface area contributed by atoms with Gasteiger partial charge in [-0.2, -0.15) is 0 Å². The quantitative estimate of drug-likeness (QED) is 0.588. The molecule has 2 unspecified atom stereocenters. The van der Waals surface area contributed by atoms with Gasteiger partial charge >= 0.3 is 11.9 Å². The number of carbonyl (C=O) groups is 2. The molecule has 8 heteroatoms. The molecule has 1 aromatic carbocycles. The van der Waals surface area contributed by atoms with Crippen LogP contribution >= 0.6 is 15.9 Å². The van der Waals surface area contributed by atoms with Gasteiger partial charge in [0.25, 0.3) is 0 Å². The number of aliphatic carboxylic acids is 2. The number of halogens is 1. The van der Waals surface area contributed by atoms with Crippen LogP contribution in [0.3, 0.4) is 0 Å². The molecule has 0 spiro atoms. The van der Waals surface area contributed by atoms with Gasteiger partial charge in [0.2, 0.25) is 0 Å². The lowest BCUT2D eigenvalue weighted by atomic mass is 9.85. The largest absolute Gasteiger partial charge is 0.473 e. The van der Waals surface area contributed by atoms with E-state index in [1.807, 2.05) is 0 Å². The van der Waals surface area contributed by atoms with Gasteiger partial charge in [0.1, 0.15) is 0 Å². The molecule has 3 N–H and O–H groups in total. The zero-order valence-electron chi connectivity index (χ0n) is 13.0. The second-order valence-corrected chi connectivity index (χ2v) is 6.63. The molecule has 0 bridgehead atoms. The van der Waals surface area contributed by atoms with E-state index in [1.54, 1.807) is 0 Å². The van der Waals surface area contributed by atoms with Gasteiger partial charge in [0, 0.05) is 23.5 Å². The summed E-state index contributed by atoms with van der Waals surface area (Å²) in [5.74, 6) is -3.65. The summed E-state index contributed by atoms with van der Waals surface area (Å²) in [5, 5.41) is 16.1. The number of benzene rings is 1. The highest BCUT2D eigenvalue weighted by atomic mass is 79.9. The molecule has 1 fully saturated rings. The number of hydrogen-bond acceptors (Lipinski definition) is 4. The third kappa shape index (κ3) is 2.92. The molecule has 4 rings (SSSR count). The molecule has 1 aliphatic heterocycles. The molecule has 2 heterocycles. The van der Waals surface area contributed by atoms with Crippen molar-refractivity contribution in [2.75, 3.05) is 20.2 Å². The number of hydrogen-bond donors (Lipinski definition) is 3. The third-order valence-corrected chi connectivity index (χ3v) is 5.14. The number of fused-ring (bicyclic) bond motifs is 2. The van der Waals surface area contributed by atoms with Gasteiger partial charge in [0.15, 0.2) is 0 Å². The second kappa shape index (κ2) is 6.54. The first-order chi connectivity index (χ1) is 11.4. The van der Waals surface area contributed by atoms with Crippen molar-refractivity contribution < 1.29 is 24.5 Å². The van der Waals surface area contributed by atoms with E-state index in [9.17, 15) is 0 Å². The van der Waals surface area contributed by atoms with E-state index >= 15 is 0 Å². The lowest BCUT2D eigenvalue weighted by Crippen LogP contribution is -2.47. The van der Waals surface area contributed by atoms with E-state index in [2.05, 4.69) is 51.1 Å². The Balaban J connectivity index is 0.000000246. The number of nitrogens with one attached hydrogen (secondary N) is 1. The molecule has 7 nitrogen and oxygen atoms in total. The Bertz CT molecular complexity index is 791. The lowest BCUT2D eigenvalue weighted by molar-refractivity contribution is -0.159. The van der Waals surface area contributed by atoms with Crippen molar-refractivity contribution >= 4 is 38.8 Å². The number of H-pyrrole nitrogens is 1. The average Bonchev–Trinajstić information content (AvgIpc) is 2.86. The van der Waals surface area contributed by atoms with E-state index < -0.39 is 11.9 Å². The van der Waals surface area contributed by atoms with Crippen LogP contribution in [0.25, 0.3) is 10.9 Å². The van der Waals surface area contributed by atoms with Crippen molar-refractivity contribution in [2.45, 2.75) is 18.6 Å². The molecule has 1 saturated heterocycles. The normalized spacial score (nSPS) is 22.4. The zero-order chi connectivity index (χ0) is 17.4. The molecule has 2 aliphatic rings. The lowest BCUT2D eigenvalue weighted by Gasteiger charge is -2.42. The van der Waals surface area contributed by atoms with E-state index in [-0.39, 0.29) is 6.10 Å². The van der Waals surface area contributed by atoms with E-state index in [4.69, 9.17) is 24.5 Å². The molecule has 0 saturated carbocycles. The zero-order valence-corrected chi connectivity index (χ0v) is 14.5. The van der Waals surface area contributed by atoms with Gasteiger partial charge < -0.3 is 19.9 Å². The molecule has 128 valence electrons. The highest BCUT2D eigenvalue weighted by Gasteiger charge is 2.37. The highest BCUT2D eigenvalue weighted by Crippen LogP contribution is 2.43. The Morgan fingerprint density at radius 1 is 1.33 bits per heavy atom. The molecule has 24 heavy (non-hydrogen) atoms. The monoisotopic (exact) mass is 396 g/mol. The van der Waals surface area contributed by atoms with Crippen molar-refractivity contribution in [1.29, 1.82) is 0 Å². The number of aromatic nitrogens is 1. The Hall–Kier alpha value is -1.90. The van der Waals surface area contributed by atoms with Gasteiger partial charge in [0.05, 0.1) is 17.3 Å². The third-order valence-electron chi connectivity index (χ3n) is 4.47. The number of likely N-dealkylation sites (N-methyl/N-ethyl adjacent to an activating group) is 1. The molecule has 1 aromatic heterocycles. The first kappa shape index (κ1) is 16.9. The fourth-order valence-electron chi connectivity index (χ4n) is 3.34. The van der Waals surface area contributed by atoms with Crippen molar-refractivity contribution in [3.8, 4) is 0 Å². The molecule has 2 aromatic rings. The van der Waals surface area contributed by atoms with Gasteiger partial charge in [-0.3, -0.25) is 4.90 Å². The minimum atomic E-state index is -1.82. The van der Waals surface area contributed by atoms with Gasteiger partial charge in [-0.15, -0.1) is 0 Å². The number of morpholine rings is 1. The SMILES string of the molecule is CN1CCOC2c3cccc4[nH]c(Br)c(c34)CC21.O=C(O)C(=O)O. The van der Waals surface area contributed by atoms with Crippen LogP contribution in [-0.4, -0.2) is 58.3 Å². The van der Waals surface area contributed by atoms with Crippen molar-refractivity contribution in [1.82, 2.24) is 9.88 Å². The fraction of sp³-hybridized carbons (Fsp3) is 0.375. The Labute approximate surface area is 146 Å². The summed E-state index contributed by atoms with van der Waals surface area (Å²) in [6.45, 7) is 1.85. The first-order valence-corrected chi connectivity index (χ1v) is 8.26. The summed E-state index contributed by atoms with van der Waals surface area (Å²) in [6.07, 6.45) is 1.28. The topological polar surface area (TPSA) is 103 Å². The summed E-state index contributed by atoms with van der Waals surface area (Å²) < 4.78 is 7.16.